The standard InChI is InChI=1S/C20H30ClN3O2/c1-3-10-26-18-5-4-16(21)11-15(18)13-23-19(25)17-12-20(14-24(17)2)6-8-22-9-7-20/h4-5,11,17,22H,3,6-10,12-14H2,1-2H3,(H,23,25)/t17-/m1/s1. The number of nitrogens with one attached hydrogen (secondary N) is 2. The van der Waals surface area contributed by atoms with Gasteiger partial charge in [0.15, 0.2) is 0 Å². The second-order valence-corrected chi connectivity index (χ2v) is 8.14. The van der Waals surface area contributed by atoms with Gasteiger partial charge in [-0.3, -0.25) is 9.69 Å². The van der Waals surface area contributed by atoms with Crippen molar-refractivity contribution in [2.24, 2.45) is 5.41 Å². The van der Waals surface area contributed by atoms with Gasteiger partial charge in [-0.15, -0.1) is 0 Å². The Morgan fingerprint density at radius 2 is 2.19 bits per heavy atom. The largest absolute Gasteiger partial charge is 0.493 e. The van der Waals surface area contributed by atoms with E-state index in [1.807, 2.05) is 18.2 Å². The van der Waals surface area contributed by atoms with Gasteiger partial charge < -0.3 is 15.4 Å². The number of hydrogen-bond donors (Lipinski definition) is 2. The van der Waals surface area contributed by atoms with E-state index in [9.17, 15) is 4.79 Å². The van der Waals surface area contributed by atoms with Crippen LogP contribution in [-0.2, 0) is 11.3 Å². The maximum Gasteiger partial charge on any atom is 0.237 e. The zero-order valence-corrected chi connectivity index (χ0v) is 16.6. The quantitative estimate of drug-likeness (QED) is 0.798. The number of amides is 1. The van der Waals surface area contributed by atoms with Crippen molar-refractivity contribution in [1.29, 1.82) is 0 Å². The summed E-state index contributed by atoms with van der Waals surface area (Å²) in [6.07, 6.45) is 4.21. The van der Waals surface area contributed by atoms with Crippen LogP contribution in [0.5, 0.6) is 5.75 Å². The van der Waals surface area contributed by atoms with Crippen molar-refractivity contribution in [3.8, 4) is 5.75 Å². The average molecular weight is 380 g/mol. The van der Waals surface area contributed by atoms with Crippen molar-refractivity contribution in [1.82, 2.24) is 15.5 Å². The molecular weight excluding hydrogens is 350 g/mol. The molecule has 2 heterocycles. The van der Waals surface area contributed by atoms with Crippen LogP contribution in [0.25, 0.3) is 0 Å². The predicted molar refractivity (Wildman–Crippen MR) is 105 cm³/mol. The van der Waals surface area contributed by atoms with Crippen LogP contribution in [0, 0.1) is 5.41 Å². The fraction of sp³-hybridized carbons (Fsp3) is 0.650. The van der Waals surface area contributed by atoms with Crippen LogP contribution < -0.4 is 15.4 Å². The third kappa shape index (κ3) is 4.51. The lowest BCUT2D eigenvalue weighted by Crippen LogP contribution is -2.41. The first kappa shape index (κ1) is 19.5. The molecule has 6 heteroatoms. The Bertz CT molecular complexity index is 631. The smallest absolute Gasteiger partial charge is 0.237 e. The minimum Gasteiger partial charge on any atom is -0.493 e. The minimum atomic E-state index is -0.0488. The molecule has 2 aliphatic rings. The zero-order valence-electron chi connectivity index (χ0n) is 15.8. The van der Waals surface area contributed by atoms with Crippen molar-refractivity contribution in [3.63, 3.8) is 0 Å². The summed E-state index contributed by atoms with van der Waals surface area (Å²) in [4.78, 5) is 15.0. The third-order valence-corrected chi connectivity index (χ3v) is 5.88. The summed E-state index contributed by atoms with van der Waals surface area (Å²) in [6.45, 7) is 6.30. The fourth-order valence-electron chi connectivity index (χ4n) is 4.22. The van der Waals surface area contributed by atoms with Gasteiger partial charge in [-0.25, -0.2) is 0 Å². The lowest BCUT2D eigenvalue weighted by Gasteiger charge is -2.33. The van der Waals surface area contributed by atoms with Gasteiger partial charge in [0.2, 0.25) is 5.91 Å². The van der Waals surface area contributed by atoms with E-state index >= 15 is 0 Å². The molecular formula is C20H30ClN3O2. The van der Waals surface area contributed by atoms with Gasteiger partial charge in [-0.2, -0.15) is 0 Å². The summed E-state index contributed by atoms with van der Waals surface area (Å²) >= 11 is 6.13. The Hall–Kier alpha value is -1.30. The highest BCUT2D eigenvalue weighted by atomic mass is 35.5. The molecule has 0 aromatic heterocycles. The van der Waals surface area contributed by atoms with Crippen molar-refractivity contribution in [2.45, 2.75) is 45.2 Å². The second kappa shape index (κ2) is 8.59. The number of benzene rings is 1. The summed E-state index contributed by atoms with van der Waals surface area (Å²) in [5, 5.41) is 7.18. The average Bonchev–Trinajstić information content (AvgIpc) is 2.95. The number of likely N-dealkylation sites (tertiary alicyclic amines) is 1. The number of likely N-dealkylation sites (N-methyl/N-ethyl adjacent to an activating group) is 1. The molecule has 2 N–H and O–H groups in total. The molecule has 1 aromatic carbocycles. The molecule has 2 fully saturated rings. The number of ether oxygens (including phenoxy) is 1. The molecule has 0 unspecified atom stereocenters. The van der Waals surface area contributed by atoms with Crippen LogP contribution in [0.1, 0.15) is 38.2 Å². The Morgan fingerprint density at radius 3 is 2.92 bits per heavy atom. The monoisotopic (exact) mass is 379 g/mol. The van der Waals surface area contributed by atoms with Crippen LogP contribution in [-0.4, -0.2) is 50.1 Å². The minimum absolute atomic E-state index is 0.0488. The molecule has 2 saturated heterocycles. The topological polar surface area (TPSA) is 53.6 Å². The molecule has 2 aliphatic heterocycles. The molecule has 26 heavy (non-hydrogen) atoms. The van der Waals surface area contributed by atoms with E-state index in [2.05, 4.69) is 29.5 Å². The van der Waals surface area contributed by atoms with Crippen molar-refractivity contribution >= 4 is 17.5 Å². The molecule has 5 nitrogen and oxygen atoms in total. The number of rotatable bonds is 6. The number of carbonyl (C=O) groups excluding carboxylic acids is 1. The Morgan fingerprint density at radius 1 is 1.42 bits per heavy atom. The highest BCUT2D eigenvalue weighted by molar-refractivity contribution is 6.30. The van der Waals surface area contributed by atoms with Crippen molar-refractivity contribution < 1.29 is 9.53 Å². The van der Waals surface area contributed by atoms with E-state index in [1.165, 1.54) is 0 Å². The summed E-state index contributed by atoms with van der Waals surface area (Å²) in [5.41, 5.74) is 1.23. The summed E-state index contributed by atoms with van der Waals surface area (Å²) < 4.78 is 5.78. The van der Waals surface area contributed by atoms with Gasteiger partial charge in [-0.1, -0.05) is 18.5 Å². The lowest BCUT2D eigenvalue weighted by molar-refractivity contribution is -0.125. The van der Waals surface area contributed by atoms with Gasteiger partial charge in [0, 0.05) is 23.7 Å². The predicted octanol–water partition coefficient (Wildman–Crippen LogP) is 2.82. The first-order valence-electron chi connectivity index (χ1n) is 9.63. The Labute approximate surface area is 161 Å². The molecule has 0 aliphatic carbocycles. The molecule has 1 amide bonds. The Balaban J connectivity index is 1.61. The van der Waals surface area contributed by atoms with Crippen LogP contribution in [0.4, 0.5) is 0 Å². The molecule has 0 radical (unpaired) electrons. The number of nitrogens with zero attached hydrogens (tertiary/aromatic N) is 1. The van der Waals surface area contributed by atoms with E-state index in [0.29, 0.717) is 23.6 Å². The Kier molecular flexibility index (Phi) is 6.43. The molecule has 0 bridgehead atoms. The summed E-state index contributed by atoms with van der Waals surface area (Å²) in [7, 11) is 2.07. The SMILES string of the molecule is CCCOc1ccc(Cl)cc1CNC(=O)[C@H]1CC2(CCNCC2)CN1C. The van der Waals surface area contributed by atoms with E-state index in [0.717, 1.165) is 56.6 Å². The molecule has 3 rings (SSSR count). The fourth-order valence-corrected chi connectivity index (χ4v) is 4.42. The van der Waals surface area contributed by atoms with Crippen LogP contribution in [0.2, 0.25) is 5.02 Å². The number of piperidine rings is 1. The van der Waals surface area contributed by atoms with E-state index in [4.69, 9.17) is 16.3 Å². The maximum atomic E-state index is 12.8. The van der Waals surface area contributed by atoms with Gasteiger partial charge in [0.05, 0.1) is 12.6 Å². The zero-order chi connectivity index (χ0) is 18.6. The molecule has 1 spiro atoms. The highest BCUT2D eigenvalue weighted by Gasteiger charge is 2.45. The molecule has 144 valence electrons. The number of carbonyl (C=O) groups is 1. The van der Waals surface area contributed by atoms with Crippen LogP contribution in [0.3, 0.4) is 0 Å². The second-order valence-electron chi connectivity index (χ2n) is 7.70. The molecule has 1 atom stereocenters. The molecule has 0 saturated carbocycles. The van der Waals surface area contributed by atoms with Crippen LogP contribution >= 0.6 is 11.6 Å². The first-order valence-corrected chi connectivity index (χ1v) is 10.0. The normalized spacial score (nSPS) is 22.5. The van der Waals surface area contributed by atoms with E-state index in [-0.39, 0.29) is 11.9 Å². The summed E-state index contributed by atoms with van der Waals surface area (Å²) in [6, 6.07) is 5.53. The van der Waals surface area contributed by atoms with Crippen LogP contribution in [0.15, 0.2) is 18.2 Å². The van der Waals surface area contributed by atoms with Crippen molar-refractivity contribution in [2.75, 3.05) is 33.3 Å². The number of halogens is 1. The van der Waals surface area contributed by atoms with Gasteiger partial charge in [0.1, 0.15) is 5.75 Å². The van der Waals surface area contributed by atoms with E-state index in [1.54, 1.807) is 0 Å². The molecule has 1 aromatic rings. The van der Waals surface area contributed by atoms with Gasteiger partial charge in [-0.05, 0) is 69.4 Å². The van der Waals surface area contributed by atoms with Gasteiger partial charge >= 0.3 is 0 Å². The first-order chi connectivity index (χ1) is 12.5. The summed E-state index contributed by atoms with van der Waals surface area (Å²) in [5.74, 6) is 0.899. The lowest BCUT2D eigenvalue weighted by atomic mass is 9.77. The number of hydrogen-bond acceptors (Lipinski definition) is 4. The van der Waals surface area contributed by atoms with Gasteiger partial charge in [0.25, 0.3) is 0 Å². The third-order valence-electron chi connectivity index (χ3n) is 5.65. The van der Waals surface area contributed by atoms with E-state index < -0.39 is 0 Å². The van der Waals surface area contributed by atoms with Crippen molar-refractivity contribution in [3.05, 3.63) is 28.8 Å². The maximum absolute atomic E-state index is 12.8. The highest BCUT2D eigenvalue weighted by Crippen LogP contribution is 2.41.